The van der Waals surface area contributed by atoms with Crippen LogP contribution >= 0.6 is 0 Å². The highest BCUT2D eigenvalue weighted by Gasteiger charge is 2.64. The predicted octanol–water partition coefficient (Wildman–Crippen LogP) is -3.59. The Morgan fingerprint density at radius 1 is 1.04 bits per heavy atom. The van der Waals surface area contributed by atoms with E-state index < -0.39 is 66.8 Å². The molecule has 0 aromatic rings. The fourth-order valence-corrected chi connectivity index (χ4v) is 4.16. The minimum atomic E-state index is -1.63. The van der Waals surface area contributed by atoms with Gasteiger partial charge in [0, 0.05) is 12.8 Å². The van der Waals surface area contributed by atoms with Crippen molar-refractivity contribution in [3.63, 3.8) is 0 Å². The topological polar surface area (TPSA) is 169 Å². The predicted molar refractivity (Wildman–Crippen MR) is 78.9 cm³/mol. The Labute approximate surface area is 144 Å². The van der Waals surface area contributed by atoms with Crippen LogP contribution in [0.15, 0.2) is 0 Å². The molecule has 1 aliphatic carbocycles. The molecule has 10 heteroatoms. The first-order valence-corrected chi connectivity index (χ1v) is 8.32. The summed E-state index contributed by atoms with van der Waals surface area (Å²) in [4.78, 5) is 0. The van der Waals surface area contributed by atoms with Crippen molar-refractivity contribution in [2.75, 3.05) is 13.2 Å². The van der Waals surface area contributed by atoms with Crippen LogP contribution in [-0.4, -0.2) is 103 Å². The first kappa shape index (κ1) is 19.4. The molecule has 10 nitrogen and oxygen atoms in total. The van der Waals surface area contributed by atoms with E-state index in [4.69, 9.17) is 14.2 Å². The summed E-state index contributed by atoms with van der Waals surface area (Å²) in [5.41, 5.74) is -3.12. The number of rotatable bonds is 3. The summed E-state index contributed by atoms with van der Waals surface area (Å²) in [5, 5.41) is 70.4. The van der Waals surface area contributed by atoms with Crippen LogP contribution in [0.2, 0.25) is 0 Å². The highest BCUT2D eigenvalue weighted by molar-refractivity contribution is 5.12. The van der Waals surface area contributed by atoms with Gasteiger partial charge in [0.05, 0.1) is 30.8 Å². The van der Waals surface area contributed by atoms with E-state index in [0.29, 0.717) is 0 Å². The van der Waals surface area contributed by atoms with Crippen LogP contribution in [0.3, 0.4) is 0 Å². The van der Waals surface area contributed by atoms with Gasteiger partial charge < -0.3 is 50.0 Å². The molecule has 10 atom stereocenters. The Morgan fingerprint density at radius 2 is 1.72 bits per heavy atom. The molecule has 2 heterocycles. The zero-order valence-electron chi connectivity index (χ0n) is 13.8. The first-order chi connectivity index (χ1) is 11.6. The zero-order chi connectivity index (χ0) is 18.6. The van der Waals surface area contributed by atoms with Crippen molar-refractivity contribution in [2.24, 2.45) is 5.92 Å². The van der Waals surface area contributed by atoms with Crippen molar-refractivity contribution >= 4 is 0 Å². The van der Waals surface area contributed by atoms with Crippen LogP contribution in [0.25, 0.3) is 0 Å². The zero-order valence-corrected chi connectivity index (χ0v) is 13.8. The summed E-state index contributed by atoms with van der Waals surface area (Å²) >= 11 is 0. The van der Waals surface area contributed by atoms with Crippen molar-refractivity contribution in [3.05, 3.63) is 0 Å². The summed E-state index contributed by atoms with van der Waals surface area (Å²) in [6.45, 7) is 0.875. The summed E-state index contributed by atoms with van der Waals surface area (Å²) < 4.78 is 16.3. The third-order valence-corrected chi connectivity index (χ3v) is 5.57. The molecule has 2 aliphatic heterocycles. The molecule has 0 radical (unpaired) electrons. The lowest BCUT2D eigenvalue weighted by Gasteiger charge is -2.47. The molecule has 3 fully saturated rings. The van der Waals surface area contributed by atoms with Crippen LogP contribution in [0.5, 0.6) is 0 Å². The van der Waals surface area contributed by atoms with Gasteiger partial charge in [-0.1, -0.05) is 0 Å². The van der Waals surface area contributed by atoms with Crippen molar-refractivity contribution in [1.29, 1.82) is 0 Å². The number of fused-ring (bicyclic) bond motifs is 1. The Balaban J connectivity index is 1.79. The average Bonchev–Trinajstić information content (AvgIpc) is 2.73. The number of hydrogen-bond acceptors (Lipinski definition) is 10. The average molecular weight is 366 g/mol. The molecule has 0 amide bonds. The van der Waals surface area contributed by atoms with Crippen LogP contribution in [0.1, 0.15) is 19.8 Å². The van der Waals surface area contributed by atoms with Crippen molar-refractivity contribution < 1.29 is 50.0 Å². The molecule has 0 spiro atoms. The Kier molecular flexibility index (Phi) is 5.14. The van der Waals surface area contributed by atoms with Gasteiger partial charge in [0.25, 0.3) is 0 Å². The molecule has 25 heavy (non-hydrogen) atoms. The highest BCUT2D eigenvalue weighted by Crippen LogP contribution is 2.50. The molecule has 3 rings (SSSR count). The molecular weight excluding hydrogens is 340 g/mol. The third-order valence-electron chi connectivity index (χ3n) is 5.57. The lowest BCUT2D eigenvalue weighted by Crippen LogP contribution is -2.63. The maximum Gasteiger partial charge on any atom is 0.189 e. The van der Waals surface area contributed by atoms with Crippen molar-refractivity contribution in [1.82, 2.24) is 0 Å². The van der Waals surface area contributed by atoms with E-state index >= 15 is 0 Å². The third kappa shape index (κ3) is 3.10. The van der Waals surface area contributed by atoms with Crippen LogP contribution < -0.4 is 0 Å². The molecule has 0 unspecified atom stereocenters. The minimum absolute atomic E-state index is 0.0439. The van der Waals surface area contributed by atoms with E-state index in [1.165, 1.54) is 6.92 Å². The summed E-state index contributed by atoms with van der Waals surface area (Å²) in [5.74, 6) is -1.02. The molecule has 0 bridgehead atoms. The van der Waals surface area contributed by atoms with Gasteiger partial charge in [0.15, 0.2) is 12.6 Å². The normalized spacial score (nSPS) is 56.6. The monoisotopic (exact) mass is 366 g/mol. The summed E-state index contributed by atoms with van der Waals surface area (Å²) in [6.07, 6.45) is -9.77. The number of aliphatic hydroxyl groups excluding tert-OH is 5. The maximum atomic E-state index is 10.8. The second kappa shape index (κ2) is 6.64. The number of aliphatic hydroxyl groups is 7. The van der Waals surface area contributed by atoms with Gasteiger partial charge >= 0.3 is 0 Å². The molecule has 2 saturated heterocycles. The van der Waals surface area contributed by atoms with Gasteiger partial charge in [-0.2, -0.15) is 0 Å². The molecule has 0 aromatic carbocycles. The van der Waals surface area contributed by atoms with E-state index in [1.54, 1.807) is 0 Å². The van der Waals surface area contributed by atoms with E-state index in [-0.39, 0.29) is 19.4 Å². The van der Waals surface area contributed by atoms with Crippen LogP contribution in [0.4, 0.5) is 0 Å². The van der Waals surface area contributed by atoms with E-state index in [9.17, 15) is 35.7 Å². The molecule has 3 aliphatic rings. The van der Waals surface area contributed by atoms with E-state index in [0.717, 1.165) is 0 Å². The van der Waals surface area contributed by atoms with Crippen LogP contribution in [-0.2, 0) is 14.2 Å². The fourth-order valence-electron chi connectivity index (χ4n) is 4.16. The molecule has 146 valence electrons. The van der Waals surface area contributed by atoms with E-state index in [2.05, 4.69) is 0 Å². The maximum absolute atomic E-state index is 10.8. The highest BCUT2D eigenvalue weighted by atomic mass is 16.8. The molecule has 1 saturated carbocycles. The molecular formula is C15H26O10. The largest absolute Gasteiger partial charge is 0.394 e. The lowest BCUT2D eigenvalue weighted by atomic mass is 9.79. The van der Waals surface area contributed by atoms with Gasteiger partial charge in [-0.05, 0) is 6.92 Å². The van der Waals surface area contributed by atoms with Gasteiger partial charge in [0.2, 0.25) is 0 Å². The van der Waals surface area contributed by atoms with Crippen molar-refractivity contribution in [3.8, 4) is 0 Å². The molecule has 0 aromatic heterocycles. The Morgan fingerprint density at radius 3 is 2.36 bits per heavy atom. The minimum Gasteiger partial charge on any atom is -0.394 e. The standard InChI is InChI=1S/C15H26O10/c1-14(21)4-7(17)15(22)2-3-23-13(11(14)15)25-12-10(20)9(19)8(18)6(5-16)24-12/h6-13,16-22H,2-5H2,1H3/t6-,7-,8-,9+,10-,11+,12+,13+,14-,15+/m1/s1. The Bertz CT molecular complexity index is 485. The van der Waals surface area contributed by atoms with Crippen LogP contribution in [0, 0.1) is 5.92 Å². The van der Waals surface area contributed by atoms with Gasteiger partial charge in [-0.3, -0.25) is 0 Å². The van der Waals surface area contributed by atoms with Crippen molar-refractivity contribution in [2.45, 2.75) is 74.1 Å². The van der Waals surface area contributed by atoms with Gasteiger partial charge in [-0.15, -0.1) is 0 Å². The van der Waals surface area contributed by atoms with E-state index in [1.807, 2.05) is 0 Å². The quantitative estimate of drug-likeness (QED) is 0.265. The summed E-state index contributed by atoms with van der Waals surface area (Å²) in [7, 11) is 0. The second-order valence-electron chi connectivity index (χ2n) is 7.37. The van der Waals surface area contributed by atoms with Gasteiger partial charge in [-0.25, -0.2) is 0 Å². The fraction of sp³-hybridized carbons (Fsp3) is 1.00. The first-order valence-electron chi connectivity index (χ1n) is 8.32. The Hall–Kier alpha value is -0.400. The molecule has 7 N–H and O–H groups in total. The number of hydrogen-bond donors (Lipinski definition) is 7. The van der Waals surface area contributed by atoms with Gasteiger partial charge in [0.1, 0.15) is 30.0 Å². The second-order valence-corrected chi connectivity index (χ2v) is 7.37. The summed E-state index contributed by atoms with van der Waals surface area (Å²) in [6, 6.07) is 0. The SMILES string of the molecule is C[C@@]1(O)C[C@@H](O)[C@@]2(O)CCO[C@@H](O[C@@H]3O[C@H](CO)[C@@H](O)[C@H](O)[C@H]3O)[C@H]21. The lowest BCUT2D eigenvalue weighted by molar-refractivity contribution is -0.367. The smallest absolute Gasteiger partial charge is 0.189 e. The number of ether oxygens (including phenoxy) is 3.